The number of aromatic nitrogens is 1. The Labute approximate surface area is 190 Å². The van der Waals surface area contributed by atoms with Gasteiger partial charge in [0.2, 0.25) is 0 Å². The van der Waals surface area contributed by atoms with Crippen molar-refractivity contribution in [3.63, 3.8) is 0 Å². The maximum atomic E-state index is 12.5. The Morgan fingerprint density at radius 2 is 1.83 bits per heavy atom. The predicted molar refractivity (Wildman–Crippen MR) is 118 cm³/mol. The summed E-state index contributed by atoms with van der Waals surface area (Å²) >= 11 is 8.68. The molecule has 1 amide bonds. The summed E-state index contributed by atoms with van der Waals surface area (Å²) in [6.45, 7) is -0.547. The maximum Gasteiger partial charge on any atom is 0.340 e. The summed E-state index contributed by atoms with van der Waals surface area (Å²) in [6, 6.07) is 9.03. The first kappa shape index (κ1) is 21.9. The second kappa shape index (κ2) is 9.34. The topological polar surface area (TPSA) is 114 Å². The fourth-order valence-corrected chi connectivity index (χ4v) is 6.28. The summed E-state index contributed by atoms with van der Waals surface area (Å²) in [4.78, 5) is 28.2. The number of anilines is 2. The minimum Gasteiger partial charge on any atom is -0.452 e. The number of carbonyl (C=O) groups excluding carboxylic acids is 2. The third-order valence-corrected chi connectivity index (χ3v) is 8.14. The van der Waals surface area contributed by atoms with E-state index in [0.29, 0.717) is 8.92 Å². The first-order chi connectivity index (χ1) is 13.7. The molecule has 0 aliphatic heterocycles. The van der Waals surface area contributed by atoms with Gasteiger partial charge in [0, 0.05) is 0 Å². The van der Waals surface area contributed by atoms with Crippen LogP contribution in [0.4, 0.5) is 10.8 Å². The van der Waals surface area contributed by atoms with Crippen LogP contribution in [0.15, 0.2) is 54.4 Å². The molecule has 0 radical (unpaired) electrons. The second-order valence-electron chi connectivity index (χ2n) is 5.30. The van der Waals surface area contributed by atoms with E-state index in [1.54, 1.807) is 18.2 Å². The van der Waals surface area contributed by atoms with Gasteiger partial charge in [-0.25, -0.2) is 18.2 Å². The highest BCUT2D eigenvalue weighted by atomic mass is 79.9. The standard InChI is InChI=1S/C16H11Br2N3O5S3/c17-11-5-6-14(27-11)29(24,25)21-10-4-2-1-3-9(10)15(23)26-8-13(22)20-16-19-7-12(18)28-16/h1-7,21H,8H2,(H,19,20,22). The first-order valence-electron chi connectivity index (χ1n) is 7.70. The van der Waals surface area contributed by atoms with Crippen molar-refractivity contribution in [1.82, 2.24) is 4.98 Å². The Balaban J connectivity index is 1.67. The minimum absolute atomic E-state index is 0.0171. The van der Waals surface area contributed by atoms with Crippen LogP contribution in [0.3, 0.4) is 0 Å². The number of hydrogen-bond donors (Lipinski definition) is 2. The summed E-state index contributed by atoms with van der Waals surface area (Å²) < 4.78 is 33.9. The molecule has 8 nitrogen and oxygen atoms in total. The lowest BCUT2D eigenvalue weighted by molar-refractivity contribution is -0.119. The highest BCUT2D eigenvalue weighted by Crippen LogP contribution is 2.28. The van der Waals surface area contributed by atoms with Crippen LogP contribution in [-0.2, 0) is 19.6 Å². The smallest absolute Gasteiger partial charge is 0.340 e. The Morgan fingerprint density at radius 3 is 2.48 bits per heavy atom. The SMILES string of the molecule is O=C(COC(=O)c1ccccc1NS(=O)(=O)c1ccc(Br)s1)Nc1ncc(Br)s1. The van der Waals surface area contributed by atoms with Crippen LogP contribution in [0.25, 0.3) is 0 Å². The van der Waals surface area contributed by atoms with Gasteiger partial charge in [-0.15, -0.1) is 11.3 Å². The fourth-order valence-electron chi connectivity index (χ4n) is 2.06. The number of benzene rings is 1. The molecule has 29 heavy (non-hydrogen) atoms. The molecule has 2 aromatic heterocycles. The van der Waals surface area contributed by atoms with Gasteiger partial charge in [0.25, 0.3) is 15.9 Å². The maximum absolute atomic E-state index is 12.5. The van der Waals surface area contributed by atoms with Crippen LogP contribution in [0.2, 0.25) is 0 Å². The van der Waals surface area contributed by atoms with E-state index in [1.807, 2.05) is 0 Å². The van der Waals surface area contributed by atoms with Crippen molar-refractivity contribution >= 4 is 87.3 Å². The van der Waals surface area contributed by atoms with Gasteiger partial charge in [-0.3, -0.25) is 14.8 Å². The molecule has 0 unspecified atom stereocenters. The Hall–Kier alpha value is -1.80. The number of amides is 1. The molecule has 0 aliphatic rings. The predicted octanol–water partition coefficient (Wildman–Crippen LogP) is 4.33. The Bertz CT molecular complexity index is 1160. The zero-order valence-corrected chi connectivity index (χ0v) is 19.8. The third-order valence-electron chi connectivity index (χ3n) is 3.26. The van der Waals surface area contributed by atoms with Crippen LogP contribution in [-0.4, -0.2) is 31.9 Å². The number of para-hydroxylation sites is 1. The molecule has 3 aromatic rings. The molecule has 0 fully saturated rings. The molecule has 13 heteroatoms. The normalized spacial score (nSPS) is 11.1. The van der Waals surface area contributed by atoms with Crippen molar-refractivity contribution in [3.8, 4) is 0 Å². The van der Waals surface area contributed by atoms with Crippen LogP contribution in [0, 0.1) is 0 Å². The van der Waals surface area contributed by atoms with E-state index in [0.717, 1.165) is 15.1 Å². The molecule has 0 spiro atoms. The lowest BCUT2D eigenvalue weighted by atomic mass is 10.2. The van der Waals surface area contributed by atoms with Gasteiger partial charge in [-0.1, -0.05) is 23.5 Å². The molecular formula is C16H11Br2N3O5S3. The molecule has 2 heterocycles. The number of thiazole rings is 1. The van der Waals surface area contributed by atoms with E-state index < -0.39 is 28.5 Å². The summed E-state index contributed by atoms with van der Waals surface area (Å²) in [5, 5.41) is 2.85. The number of rotatable bonds is 7. The van der Waals surface area contributed by atoms with Crippen molar-refractivity contribution in [1.29, 1.82) is 0 Å². The highest BCUT2D eigenvalue weighted by Gasteiger charge is 2.21. The highest BCUT2D eigenvalue weighted by molar-refractivity contribution is 9.11. The summed E-state index contributed by atoms with van der Waals surface area (Å²) in [5.41, 5.74) is 0.0303. The van der Waals surface area contributed by atoms with E-state index in [1.165, 1.54) is 35.7 Å². The van der Waals surface area contributed by atoms with E-state index in [-0.39, 0.29) is 15.5 Å². The monoisotopic (exact) mass is 579 g/mol. The molecule has 1 aromatic carbocycles. The molecule has 152 valence electrons. The fraction of sp³-hybridized carbons (Fsp3) is 0.0625. The zero-order chi connectivity index (χ0) is 21.0. The van der Waals surface area contributed by atoms with Crippen LogP contribution in [0.1, 0.15) is 10.4 Å². The lowest BCUT2D eigenvalue weighted by Crippen LogP contribution is -2.22. The van der Waals surface area contributed by atoms with Gasteiger partial charge >= 0.3 is 5.97 Å². The van der Waals surface area contributed by atoms with Crippen LogP contribution >= 0.6 is 54.5 Å². The van der Waals surface area contributed by atoms with Gasteiger partial charge in [0.05, 0.1) is 25.0 Å². The number of sulfonamides is 1. The van der Waals surface area contributed by atoms with Crippen LogP contribution in [0.5, 0.6) is 0 Å². The molecule has 0 aliphatic carbocycles. The molecular weight excluding hydrogens is 570 g/mol. The van der Waals surface area contributed by atoms with Crippen molar-refractivity contribution in [2.75, 3.05) is 16.6 Å². The number of hydrogen-bond acceptors (Lipinski definition) is 8. The van der Waals surface area contributed by atoms with Crippen molar-refractivity contribution in [2.24, 2.45) is 0 Å². The van der Waals surface area contributed by atoms with Crippen molar-refractivity contribution in [3.05, 3.63) is 55.7 Å². The number of esters is 1. The molecule has 0 bridgehead atoms. The average Bonchev–Trinajstić information content (AvgIpc) is 3.28. The van der Waals surface area contributed by atoms with Gasteiger partial charge in [0.1, 0.15) is 4.21 Å². The van der Waals surface area contributed by atoms with E-state index >= 15 is 0 Å². The molecule has 0 saturated heterocycles. The number of nitrogens with zero attached hydrogens (tertiary/aromatic N) is 1. The summed E-state index contributed by atoms with van der Waals surface area (Å²) in [6.07, 6.45) is 1.53. The van der Waals surface area contributed by atoms with Crippen LogP contribution < -0.4 is 10.0 Å². The second-order valence-corrected chi connectivity index (χ2v) is 12.1. The molecule has 2 N–H and O–H groups in total. The van der Waals surface area contributed by atoms with E-state index in [9.17, 15) is 18.0 Å². The third kappa shape index (κ3) is 5.85. The van der Waals surface area contributed by atoms with Crippen molar-refractivity contribution in [2.45, 2.75) is 4.21 Å². The van der Waals surface area contributed by atoms with Gasteiger partial charge in [0.15, 0.2) is 11.7 Å². The number of halogens is 2. The molecule has 0 atom stereocenters. The number of carbonyl (C=O) groups is 2. The number of nitrogens with one attached hydrogen (secondary N) is 2. The minimum atomic E-state index is -3.88. The molecule has 0 saturated carbocycles. The van der Waals surface area contributed by atoms with Gasteiger partial charge in [-0.05, 0) is 56.1 Å². The molecule has 3 rings (SSSR count). The Kier molecular flexibility index (Phi) is 7.05. The van der Waals surface area contributed by atoms with Gasteiger partial charge < -0.3 is 4.74 Å². The largest absolute Gasteiger partial charge is 0.452 e. The van der Waals surface area contributed by atoms with E-state index in [2.05, 4.69) is 46.9 Å². The summed E-state index contributed by atoms with van der Waals surface area (Å²) in [7, 11) is -3.88. The lowest BCUT2D eigenvalue weighted by Gasteiger charge is -2.11. The van der Waals surface area contributed by atoms with Crippen molar-refractivity contribution < 1.29 is 22.7 Å². The first-order valence-corrected chi connectivity index (χ1v) is 12.4. The quantitative estimate of drug-likeness (QED) is 0.402. The van der Waals surface area contributed by atoms with E-state index in [4.69, 9.17) is 4.74 Å². The van der Waals surface area contributed by atoms with Gasteiger partial charge in [-0.2, -0.15) is 0 Å². The Morgan fingerprint density at radius 1 is 1.07 bits per heavy atom. The zero-order valence-electron chi connectivity index (χ0n) is 14.2. The average molecular weight is 581 g/mol. The summed E-state index contributed by atoms with van der Waals surface area (Å²) in [5.74, 6) is -1.41. The number of ether oxygens (including phenoxy) is 1. The number of thiophene rings is 1.